The first kappa shape index (κ1) is 15.1. The topological polar surface area (TPSA) is 32.3 Å². The third-order valence-electron chi connectivity index (χ3n) is 3.16. The van der Waals surface area contributed by atoms with E-state index in [1.807, 2.05) is 0 Å². The van der Waals surface area contributed by atoms with E-state index in [1.165, 1.54) is 6.07 Å². The molecule has 0 radical (unpaired) electrons. The quantitative estimate of drug-likeness (QED) is 0.874. The third kappa shape index (κ3) is 3.06. The third-order valence-corrected chi connectivity index (χ3v) is 3.90. The van der Waals surface area contributed by atoms with Crippen molar-refractivity contribution in [1.82, 2.24) is 0 Å². The SMILES string of the molecule is CC(CO)(Nc1ccccc1F)c1ccc(Cl)c(Cl)c1. The van der Waals surface area contributed by atoms with E-state index < -0.39 is 5.54 Å². The van der Waals surface area contributed by atoms with Crippen LogP contribution in [0.5, 0.6) is 0 Å². The number of hydrogen-bond acceptors (Lipinski definition) is 2. The van der Waals surface area contributed by atoms with Crippen molar-refractivity contribution in [2.45, 2.75) is 12.5 Å². The number of halogens is 3. The van der Waals surface area contributed by atoms with Gasteiger partial charge in [-0.25, -0.2) is 4.39 Å². The molecule has 0 aliphatic heterocycles. The molecule has 20 heavy (non-hydrogen) atoms. The molecular weight excluding hydrogens is 300 g/mol. The molecule has 2 aromatic carbocycles. The molecule has 0 spiro atoms. The van der Waals surface area contributed by atoms with Gasteiger partial charge in [0.1, 0.15) is 5.82 Å². The summed E-state index contributed by atoms with van der Waals surface area (Å²) < 4.78 is 13.7. The molecule has 0 heterocycles. The Kier molecular flexibility index (Phi) is 4.53. The Labute approximate surface area is 127 Å². The zero-order valence-corrected chi connectivity index (χ0v) is 12.3. The maximum absolute atomic E-state index is 13.7. The van der Waals surface area contributed by atoms with Crippen molar-refractivity contribution in [3.05, 3.63) is 63.9 Å². The fraction of sp³-hybridized carbons (Fsp3) is 0.200. The van der Waals surface area contributed by atoms with Gasteiger partial charge in [0.25, 0.3) is 0 Å². The van der Waals surface area contributed by atoms with Crippen LogP contribution in [-0.2, 0) is 5.54 Å². The van der Waals surface area contributed by atoms with Gasteiger partial charge in [-0.15, -0.1) is 0 Å². The van der Waals surface area contributed by atoms with Crippen LogP contribution in [0.15, 0.2) is 42.5 Å². The first-order valence-electron chi connectivity index (χ1n) is 6.05. The lowest BCUT2D eigenvalue weighted by molar-refractivity contribution is 0.223. The van der Waals surface area contributed by atoms with E-state index in [-0.39, 0.29) is 12.4 Å². The number of nitrogens with one attached hydrogen (secondary N) is 1. The summed E-state index contributed by atoms with van der Waals surface area (Å²) in [7, 11) is 0. The maximum atomic E-state index is 13.7. The average molecular weight is 314 g/mol. The van der Waals surface area contributed by atoms with Crippen LogP contribution >= 0.6 is 23.2 Å². The van der Waals surface area contributed by atoms with E-state index in [2.05, 4.69) is 5.32 Å². The summed E-state index contributed by atoms with van der Waals surface area (Å²) in [5.74, 6) is -0.382. The molecule has 1 atom stereocenters. The van der Waals surface area contributed by atoms with E-state index in [4.69, 9.17) is 23.2 Å². The highest BCUT2D eigenvalue weighted by molar-refractivity contribution is 6.42. The van der Waals surface area contributed by atoms with Crippen molar-refractivity contribution in [3.8, 4) is 0 Å². The fourth-order valence-electron chi connectivity index (χ4n) is 1.90. The number of anilines is 1. The first-order valence-corrected chi connectivity index (χ1v) is 6.81. The van der Waals surface area contributed by atoms with Gasteiger partial charge in [0.2, 0.25) is 0 Å². The van der Waals surface area contributed by atoms with E-state index in [0.717, 1.165) is 5.56 Å². The normalized spacial score (nSPS) is 13.8. The van der Waals surface area contributed by atoms with Gasteiger partial charge >= 0.3 is 0 Å². The number of para-hydroxylation sites is 1. The molecule has 0 saturated heterocycles. The second-order valence-corrected chi connectivity index (χ2v) is 5.54. The molecule has 2 rings (SSSR count). The minimum Gasteiger partial charge on any atom is -0.394 e. The molecule has 106 valence electrons. The van der Waals surface area contributed by atoms with Crippen LogP contribution in [0.1, 0.15) is 12.5 Å². The van der Waals surface area contributed by atoms with Crippen LogP contribution < -0.4 is 5.32 Å². The van der Waals surface area contributed by atoms with Crippen LogP contribution in [0, 0.1) is 5.82 Å². The van der Waals surface area contributed by atoms with Gasteiger partial charge in [0.05, 0.1) is 27.9 Å². The highest BCUT2D eigenvalue weighted by Crippen LogP contribution is 2.31. The Morgan fingerprint density at radius 3 is 2.45 bits per heavy atom. The summed E-state index contributed by atoms with van der Waals surface area (Å²) in [5, 5.41) is 13.5. The summed E-state index contributed by atoms with van der Waals surface area (Å²) in [6.07, 6.45) is 0. The predicted molar refractivity (Wildman–Crippen MR) is 80.9 cm³/mol. The van der Waals surface area contributed by atoms with Crippen LogP contribution in [-0.4, -0.2) is 11.7 Å². The zero-order chi connectivity index (χ0) is 14.8. The second kappa shape index (κ2) is 6.00. The summed E-state index contributed by atoms with van der Waals surface area (Å²) >= 11 is 11.9. The van der Waals surface area contributed by atoms with E-state index in [1.54, 1.807) is 43.3 Å². The highest BCUT2D eigenvalue weighted by atomic mass is 35.5. The molecule has 0 aromatic heterocycles. The van der Waals surface area contributed by atoms with Crippen molar-refractivity contribution >= 4 is 28.9 Å². The Hall–Kier alpha value is -1.29. The second-order valence-electron chi connectivity index (χ2n) is 4.72. The molecule has 0 aliphatic rings. The fourth-order valence-corrected chi connectivity index (χ4v) is 2.20. The lowest BCUT2D eigenvalue weighted by atomic mass is 9.92. The Balaban J connectivity index is 2.38. The number of benzene rings is 2. The van der Waals surface area contributed by atoms with Crippen molar-refractivity contribution in [3.63, 3.8) is 0 Å². The Morgan fingerprint density at radius 2 is 1.85 bits per heavy atom. The lowest BCUT2D eigenvalue weighted by Crippen LogP contribution is -2.36. The molecule has 0 fully saturated rings. The molecule has 2 N–H and O–H groups in total. The molecule has 0 saturated carbocycles. The molecule has 5 heteroatoms. The van der Waals surface area contributed by atoms with Crippen molar-refractivity contribution in [2.24, 2.45) is 0 Å². The Bertz CT molecular complexity index is 621. The first-order chi connectivity index (χ1) is 9.46. The summed E-state index contributed by atoms with van der Waals surface area (Å²) in [6.45, 7) is 1.54. The van der Waals surface area contributed by atoms with Gasteiger partial charge in [-0.1, -0.05) is 41.4 Å². The van der Waals surface area contributed by atoms with Gasteiger partial charge in [0, 0.05) is 0 Å². The largest absolute Gasteiger partial charge is 0.394 e. The average Bonchev–Trinajstić information content (AvgIpc) is 2.44. The van der Waals surface area contributed by atoms with Crippen molar-refractivity contribution in [1.29, 1.82) is 0 Å². The number of rotatable bonds is 4. The summed E-state index contributed by atoms with van der Waals surface area (Å²) in [5.41, 5.74) is 0.170. The lowest BCUT2D eigenvalue weighted by Gasteiger charge is -2.31. The minimum absolute atomic E-state index is 0.223. The van der Waals surface area contributed by atoms with Crippen LogP contribution in [0.25, 0.3) is 0 Å². The molecule has 2 aromatic rings. The van der Waals surface area contributed by atoms with Gasteiger partial charge < -0.3 is 10.4 Å². The minimum atomic E-state index is -0.865. The standard InChI is InChI=1S/C15H14Cl2FNO/c1-15(9-20,10-6-7-11(16)12(17)8-10)19-14-5-3-2-4-13(14)18/h2-8,19-20H,9H2,1H3. The molecule has 1 unspecified atom stereocenters. The highest BCUT2D eigenvalue weighted by Gasteiger charge is 2.27. The van der Waals surface area contributed by atoms with Crippen LogP contribution in [0.2, 0.25) is 10.0 Å². The Morgan fingerprint density at radius 1 is 1.15 bits per heavy atom. The van der Waals surface area contributed by atoms with E-state index in [0.29, 0.717) is 15.7 Å². The van der Waals surface area contributed by atoms with Gasteiger partial charge in [-0.05, 0) is 36.8 Å². The smallest absolute Gasteiger partial charge is 0.146 e. The van der Waals surface area contributed by atoms with E-state index >= 15 is 0 Å². The zero-order valence-electron chi connectivity index (χ0n) is 10.8. The van der Waals surface area contributed by atoms with Gasteiger partial charge in [-0.2, -0.15) is 0 Å². The van der Waals surface area contributed by atoms with Crippen LogP contribution in [0.4, 0.5) is 10.1 Å². The molecule has 2 nitrogen and oxygen atoms in total. The predicted octanol–water partition coefficient (Wildman–Crippen LogP) is 4.45. The summed E-state index contributed by atoms with van der Waals surface area (Å²) in [6, 6.07) is 11.4. The van der Waals surface area contributed by atoms with Crippen molar-refractivity contribution < 1.29 is 9.50 Å². The molecular formula is C15H14Cl2FNO. The molecule has 0 bridgehead atoms. The summed E-state index contributed by atoms with van der Waals surface area (Å²) in [4.78, 5) is 0. The van der Waals surface area contributed by atoms with Gasteiger partial charge in [-0.3, -0.25) is 0 Å². The molecule has 0 amide bonds. The number of aliphatic hydroxyl groups excluding tert-OH is 1. The van der Waals surface area contributed by atoms with Gasteiger partial charge in [0.15, 0.2) is 0 Å². The van der Waals surface area contributed by atoms with Crippen molar-refractivity contribution in [2.75, 3.05) is 11.9 Å². The maximum Gasteiger partial charge on any atom is 0.146 e. The molecule has 0 aliphatic carbocycles. The number of aliphatic hydroxyl groups is 1. The van der Waals surface area contributed by atoms with E-state index in [9.17, 15) is 9.50 Å². The monoisotopic (exact) mass is 313 g/mol. The van der Waals surface area contributed by atoms with Crippen LogP contribution in [0.3, 0.4) is 0 Å². The number of hydrogen-bond donors (Lipinski definition) is 2.